The molecule has 10 heavy (non-hydrogen) atoms. The van der Waals surface area contributed by atoms with Gasteiger partial charge in [0, 0.05) is 25.7 Å². The van der Waals surface area contributed by atoms with Crippen molar-refractivity contribution < 1.29 is 5.11 Å². The highest BCUT2D eigenvalue weighted by Crippen LogP contribution is 2.02. The summed E-state index contributed by atoms with van der Waals surface area (Å²) in [7, 11) is 2.01. The summed E-state index contributed by atoms with van der Waals surface area (Å²) < 4.78 is 0. The van der Waals surface area contributed by atoms with E-state index < -0.39 is 0 Å². The van der Waals surface area contributed by atoms with Crippen LogP contribution in [0.25, 0.3) is 0 Å². The lowest BCUT2D eigenvalue weighted by atomic mass is 10.2. The van der Waals surface area contributed by atoms with E-state index >= 15 is 0 Å². The van der Waals surface area contributed by atoms with Gasteiger partial charge in [-0.1, -0.05) is 0 Å². The van der Waals surface area contributed by atoms with E-state index in [1.165, 1.54) is 0 Å². The zero-order valence-corrected chi connectivity index (χ0v) is 6.32. The molecule has 1 aliphatic rings. The van der Waals surface area contributed by atoms with Gasteiger partial charge in [-0.05, 0) is 7.05 Å². The lowest BCUT2D eigenvalue weighted by Gasteiger charge is -2.35. The quantitative estimate of drug-likeness (QED) is 0.439. The monoisotopic (exact) mass is 145 g/mol. The molecule has 1 saturated heterocycles. The Kier molecular flexibility index (Phi) is 2.62. The summed E-state index contributed by atoms with van der Waals surface area (Å²) in [6, 6.07) is 0.221. The number of hydrazine groups is 1. The molecule has 1 aliphatic heterocycles. The second kappa shape index (κ2) is 3.30. The number of hydrogen-bond acceptors (Lipinski definition) is 4. The van der Waals surface area contributed by atoms with E-state index in [1.807, 2.05) is 7.05 Å². The molecule has 1 heterocycles. The Bertz CT molecular complexity index is 109. The van der Waals surface area contributed by atoms with Gasteiger partial charge in [-0.2, -0.15) is 0 Å². The molecule has 0 aromatic carbocycles. The van der Waals surface area contributed by atoms with Gasteiger partial charge in [0.25, 0.3) is 0 Å². The maximum absolute atomic E-state index is 8.86. The number of likely N-dealkylation sites (N-methyl/N-ethyl adjacent to an activating group) is 1. The minimum absolute atomic E-state index is 0.199. The van der Waals surface area contributed by atoms with Crippen LogP contribution >= 0.6 is 0 Å². The number of aliphatic hydroxyl groups is 1. The number of aliphatic hydroxyl groups excluding tert-OH is 1. The van der Waals surface area contributed by atoms with E-state index in [4.69, 9.17) is 10.9 Å². The molecular formula is C6H15N3O. The van der Waals surface area contributed by atoms with Crippen molar-refractivity contribution in [2.24, 2.45) is 5.84 Å². The summed E-state index contributed by atoms with van der Waals surface area (Å²) in [6.45, 7) is 2.81. The number of hydrogen-bond donors (Lipinski definition) is 2. The van der Waals surface area contributed by atoms with Crippen LogP contribution in [0.5, 0.6) is 0 Å². The van der Waals surface area contributed by atoms with Gasteiger partial charge in [0.2, 0.25) is 0 Å². The molecule has 0 aliphatic carbocycles. The molecule has 0 unspecified atom stereocenters. The summed E-state index contributed by atoms with van der Waals surface area (Å²) in [6.07, 6.45) is 0. The molecule has 3 N–H and O–H groups in total. The Hall–Kier alpha value is -0.160. The molecule has 0 amide bonds. The fourth-order valence-electron chi connectivity index (χ4n) is 1.17. The van der Waals surface area contributed by atoms with E-state index in [1.54, 1.807) is 5.01 Å². The molecule has 4 nitrogen and oxygen atoms in total. The van der Waals surface area contributed by atoms with E-state index in [0.717, 1.165) is 19.6 Å². The average molecular weight is 145 g/mol. The van der Waals surface area contributed by atoms with Crippen LogP contribution in [-0.2, 0) is 0 Å². The number of piperazine rings is 1. The Morgan fingerprint density at radius 2 is 2.30 bits per heavy atom. The second-order valence-corrected chi connectivity index (χ2v) is 2.81. The van der Waals surface area contributed by atoms with Gasteiger partial charge in [-0.3, -0.25) is 10.7 Å². The molecule has 1 rings (SSSR count). The van der Waals surface area contributed by atoms with Gasteiger partial charge in [0.05, 0.1) is 6.61 Å². The molecule has 0 bridgehead atoms. The first-order valence-corrected chi connectivity index (χ1v) is 3.55. The van der Waals surface area contributed by atoms with Crippen LogP contribution in [0.4, 0.5) is 0 Å². The third-order valence-electron chi connectivity index (χ3n) is 2.02. The zero-order chi connectivity index (χ0) is 7.56. The van der Waals surface area contributed by atoms with Gasteiger partial charge in [0.1, 0.15) is 0 Å². The average Bonchev–Trinajstić information content (AvgIpc) is 1.94. The Morgan fingerprint density at radius 3 is 2.80 bits per heavy atom. The fraction of sp³-hybridized carbons (Fsp3) is 1.00. The van der Waals surface area contributed by atoms with E-state index in [-0.39, 0.29) is 12.6 Å². The van der Waals surface area contributed by atoms with Crippen LogP contribution in [-0.4, -0.2) is 54.3 Å². The lowest BCUT2D eigenvalue weighted by Crippen LogP contribution is -2.55. The maximum atomic E-state index is 8.86. The van der Waals surface area contributed by atoms with Crippen LogP contribution in [0.3, 0.4) is 0 Å². The number of nitrogens with zero attached hydrogens (tertiary/aromatic N) is 2. The largest absolute Gasteiger partial charge is 0.395 e. The van der Waals surface area contributed by atoms with Gasteiger partial charge in [0.15, 0.2) is 0 Å². The summed E-state index contributed by atoms with van der Waals surface area (Å²) in [5.41, 5.74) is 0. The van der Waals surface area contributed by atoms with Crippen molar-refractivity contribution in [3.63, 3.8) is 0 Å². The smallest absolute Gasteiger partial charge is 0.0599 e. The van der Waals surface area contributed by atoms with Crippen molar-refractivity contribution in [3.8, 4) is 0 Å². The number of nitrogens with two attached hydrogens (primary N) is 1. The standard InChI is InChI=1S/C6H15N3O/c1-8-2-3-9(7)4-6(8)5-10/h6,10H,2-5,7H2,1H3/t6-/m1/s1. The Morgan fingerprint density at radius 1 is 1.60 bits per heavy atom. The van der Waals surface area contributed by atoms with Crippen molar-refractivity contribution in [1.82, 2.24) is 9.91 Å². The zero-order valence-electron chi connectivity index (χ0n) is 6.32. The van der Waals surface area contributed by atoms with Crippen molar-refractivity contribution in [2.75, 3.05) is 33.3 Å². The lowest BCUT2D eigenvalue weighted by molar-refractivity contribution is 0.0578. The minimum Gasteiger partial charge on any atom is -0.395 e. The molecule has 4 heteroatoms. The topological polar surface area (TPSA) is 52.7 Å². The Balaban J connectivity index is 2.38. The Labute approximate surface area is 61.2 Å². The predicted octanol–water partition coefficient (Wildman–Crippen LogP) is -1.53. The third-order valence-corrected chi connectivity index (χ3v) is 2.02. The van der Waals surface area contributed by atoms with Crippen molar-refractivity contribution >= 4 is 0 Å². The first-order valence-electron chi connectivity index (χ1n) is 3.55. The van der Waals surface area contributed by atoms with Crippen molar-refractivity contribution in [2.45, 2.75) is 6.04 Å². The second-order valence-electron chi connectivity index (χ2n) is 2.81. The maximum Gasteiger partial charge on any atom is 0.0599 e. The minimum atomic E-state index is 0.199. The van der Waals surface area contributed by atoms with Crippen LogP contribution in [0.15, 0.2) is 0 Å². The molecule has 0 aromatic heterocycles. The molecule has 60 valence electrons. The molecule has 0 saturated carbocycles. The van der Waals surface area contributed by atoms with Gasteiger partial charge in [-0.15, -0.1) is 0 Å². The van der Waals surface area contributed by atoms with Gasteiger partial charge < -0.3 is 5.11 Å². The highest BCUT2D eigenvalue weighted by Gasteiger charge is 2.20. The fourth-order valence-corrected chi connectivity index (χ4v) is 1.17. The van der Waals surface area contributed by atoms with Crippen LogP contribution in [0.2, 0.25) is 0 Å². The molecule has 0 radical (unpaired) electrons. The first-order chi connectivity index (χ1) is 4.74. The van der Waals surface area contributed by atoms with Gasteiger partial charge >= 0.3 is 0 Å². The normalized spacial score (nSPS) is 30.9. The molecule has 0 spiro atoms. The predicted molar refractivity (Wildman–Crippen MR) is 39.3 cm³/mol. The summed E-state index contributed by atoms with van der Waals surface area (Å²) >= 11 is 0. The molecule has 0 aromatic rings. The molecule has 1 atom stereocenters. The van der Waals surface area contributed by atoms with Crippen LogP contribution in [0, 0.1) is 0 Å². The van der Waals surface area contributed by atoms with Crippen LogP contribution in [0.1, 0.15) is 0 Å². The SMILES string of the molecule is CN1CCN(N)C[C@@H]1CO. The third kappa shape index (κ3) is 1.67. The summed E-state index contributed by atoms with van der Waals surface area (Å²) in [5, 5.41) is 10.6. The highest BCUT2D eigenvalue weighted by atomic mass is 16.3. The van der Waals surface area contributed by atoms with E-state index in [9.17, 15) is 0 Å². The van der Waals surface area contributed by atoms with E-state index in [2.05, 4.69) is 4.90 Å². The van der Waals surface area contributed by atoms with Crippen LogP contribution < -0.4 is 5.84 Å². The molecular weight excluding hydrogens is 130 g/mol. The van der Waals surface area contributed by atoms with Gasteiger partial charge in [-0.25, -0.2) is 5.01 Å². The summed E-state index contributed by atoms with van der Waals surface area (Å²) in [4.78, 5) is 2.13. The van der Waals surface area contributed by atoms with Crippen molar-refractivity contribution in [3.05, 3.63) is 0 Å². The van der Waals surface area contributed by atoms with Crippen molar-refractivity contribution in [1.29, 1.82) is 0 Å². The first kappa shape index (κ1) is 7.94. The highest BCUT2D eigenvalue weighted by molar-refractivity contribution is 4.76. The van der Waals surface area contributed by atoms with E-state index in [0.29, 0.717) is 0 Å². The molecule has 1 fully saturated rings. The number of rotatable bonds is 1. The summed E-state index contributed by atoms with van der Waals surface area (Å²) in [5.74, 6) is 5.56.